The van der Waals surface area contributed by atoms with Gasteiger partial charge < -0.3 is 5.11 Å². The standard InChI is InChI=1S/C31H54O/c1-21-22(32)10-11-23-27(21,5)15-19-31(9)28(23,6)16-17-29(7)24-20-25(2,3)12-13-26(24,4)14-18-30(29,31)8/h21-24,32H,10-20H2,1-9H3/t21-,22+,23?,24?,26+,27+,28-,29-,30-,31+/m0/s1. The molecule has 5 aliphatic carbocycles. The van der Waals surface area contributed by atoms with Crippen molar-refractivity contribution in [1.29, 1.82) is 0 Å². The number of hydrogen-bond donors (Lipinski definition) is 1. The Kier molecular flexibility index (Phi) is 4.88. The van der Waals surface area contributed by atoms with Crippen LogP contribution in [-0.4, -0.2) is 11.2 Å². The number of rotatable bonds is 0. The van der Waals surface area contributed by atoms with E-state index in [0.29, 0.717) is 43.8 Å². The second-order valence-corrected chi connectivity index (χ2v) is 16.1. The fraction of sp³-hybridized carbons (Fsp3) is 1.00. The van der Waals surface area contributed by atoms with Crippen LogP contribution in [0.4, 0.5) is 0 Å². The van der Waals surface area contributed by atoms with Crippen molar-refractivity contribution in [2.45, 2.75) is 139 Å². The molecule has 5 aliphatic rings. The molecule has 0 amide bonds. The lowest BCUT2D eigenvalue weighted by Gasteiger charge is -2.79. The molecule has 0 spiro atoms. The zero-order chi connectivity index (χ0) is 23.6. The van der Waals surface area contributed by atoms with Crippen molar-refractivity contribution >= 4 is 0 Å². The van der Waals surface area contributed by atoms with Crippen LogP contribution in [0.25, 0.3) is 0 Å². The van der Waals surface area contributed by atoms with Crippen LogP contribution in [-0.2, 0) is 0 Å². The summed E-state index contributed by atoms with van der Waals surface area (Å²) >= 11 is 0. The third-order valence-electron chi connectivity index (χ3n) is 14.9. The zero-order valence-electron chi connectivity index (χ0n) is 23.0. The van der Waals surface area contributed by atoms with Gasteiger partial charge in [-0.2, -0.15) is 0 Å². The molecule has 5 rings (SSSR count). The van der Waals surface area contributed by atoms with Gasteiger partial charge in [0.05, 0.1) is 6.10 Å². The van der Waals surface area contributed by atoms with Crippen molar-refractivity contribution in [3.05, 3.63) is 0 Å². The van der Waals surface area contributed by atoms with Crippen LogP contribution in [0.5, 0.6) is 0 Å². The largest absolute Gasteiger partial charge is 0.393 e. The van der Waals surface area contributed by atoms with E-state index < -0.39 is 0 Å². The molecule has 0 aromatic heterocycles. The highest BCUT2D eigenvalue weighted by Gasteiger charge is 2.75. The van der Waals surface area contributed by atoms with Crippen molar-refractivity contribution in [3.8, 4) is 0 Å². The Balaban J connectivity index is 1.59. The van der Waals surface area contributed by atoms with E-state index in [-0.39, 0.29) is 6.10 Å². The summed E-state index contributed by atoms with van der Waals surface area (Å²) in [6, 6.07) is 0. The third-order valence-corrected chi connectivity index (χ3v) is 14.9. The molecule has 0 bridgehead atoms. The number of fused-ring (bicyclic) bond motifs is 7. The molecule has 0 saturated heterocycles. The van der Waals surface area contributed by atoms with Gasteiger partial charge in [-0.1, -0.05) is 62.3 Å². The first kappa shape index (κ1) is 23.7. The lowest BCUT2D eigenvalue weighted by atomic mass is 9.26. The van der Waals surface area contributed by atoms with Crippen LogP contribution in [0, 0.1) is 55.7 Å². The van der Waals surface area contributed by atoms with E-state index in [1.54, 1.807) is 0 Å². The highest BCUT2D eigenvalue weighted by Crippen LogP contribution is 2.82. The highest BCUT2D eigenvalue weighted by atomic mass is 16.3. The summed E-state index contributed by atoms with van der Waals surface area (Å²) < 4.78 is 0. The third kappa shape index (κ3) is 2.57. The van der Waals surface area contributed by atoms with Gasteiger partial charge in [0, 0.05) is 0 Å². The van der Waals surface area contributed by atoms with Gasteiger partial charge in [0.2, 0.25) is 0 Å². The van der Waals surface area contributed by atoms with E-state index in [1.165, 1.54) is 64.2 Å². The average molecular weight is 443 g/mol. The summed E-state index contributed by atoms with van der Waals surface area (Å²) in [4.78, 5) is 0. The van der Waals surface area contributed by atoms with Crippen molar-refractivity contribution in [2.75, 3.05) is 0 Å². The molecular formula is C31H54O. The molecule has 1 N–H and O–H groups in total. The van der Waals surface area contributed by atoms with Crippen LogP contribution in [0.1, 0.15) is 133 Å². The molecule has 0 radical (unpaired) electrons. The van der Waals surface area contributed by atoms with Crippen LogP contribution < -0.4 is 0 Å². The summed E-state index contributed by atoms with van der Waals surface area (Å²) in [5.74, 6) is 2.08. The molecular weight excluding hydrogens is 388 g/mol. The van der Waals surface area contributed by atoms with E-state index in [9.17, 15) is 5.11 Å². The predicted octanol–water partition coefficient (Wildman–Crippen LogP) is 8.64. The Morgan fingerprint density at radius 3 is 1.75 bits per heavy atom. The maximum Gasteiger partial charge on any atom is 0.0571 e. The van der Waals surface area contributed by atoms with E-state index in [2.05, 4.69) is 62.3 Å². The van der Waals surface area contributed by atoms with Crippen LogP contribution in [0.15, 0.2) is 0 Å². The summed E-state index contributed by atoms with van der Waals surface area (Å²) in [6.07, 6.45) is 14.9. The smallest absolute Gasteiger partial charge is 0.0571 e. The predicted molar refractivity (Wildman–Crippen MR) is 135 cm³/mol. The Hall–Kier alpha value is -0.0400. The minimum Gasteiger partial charge on any atom is -0.393 e. The Labute approximate surface area is 199 Å². The molecule has 0 heterocycles. The van der Waals surface area contributed by atoms with Gasteiger partial charge in [0.1, 0.15) is 0 Å². The summed E-state index contributed by atoms with van der Waals surface area (Å²) in [5.41, 5.74) is 3.06. The maximum absolute atomic E-state index is 10.8. The molecule has 2 unspecified atom stereocenters. The number of aliphatic hydroxyl groups is 1. The number of aliphatic hydroxyl groups excluding tert-OH is 1. The van der Waals surface area contributed by atoms with Gasteiger partial charge in [-0.3, -0.25) is 0 Å². The van der Waals surface area contributed by atoms with Gasteiger partial charge in [-0.25, -0.2) is 0 Å². The summed E-state index contributed by atoms with van der Waals surface area (Å²) in [5, 5.41) is 10.8. The molecule has 10 atom stereocenters. The normalized spacial score (nSPS) is 61.7. The summed E-state index contributed by atoms with van der Waals surface area (Å²) in [6.45, 7) is 23.7. The van der Waals surface area contributed by atoms with Gasteiger partial charge in [-0.05, 0) is 126 Å². The second-order valence-electron chi connectivity index (χ2n) is 16.1. The average Bonchev–Trinajstić information content (AvgIpc) is 2.72. The molecule has 0 aromatic carbocycles. The monoisotopic (exact) mass is 442 g/mol. The first-order valence-corrected chi connectivity index (χ1v) is 14.3. The quantitative estimate of drug-likeness (QED) is 0.398. The molecule has 32 heavy (non-hydrogen) atoms. The van der Waals surface area contributed by atoms with Crippen LogP contribution in [0.2, 0.25) is 0 Å². The van der Waals surface area contributed by atoms with Gasteiger partial charge in [0.15, 0.2) is 0 Å². The lowest BCUT2D eigenvalue weighted by Crippen LogP contribution is -2.72. The minimum atomic E-state index is -0.0893. The fourth-order valence-corrected chi connectivity index (χ4v) is 11.7. The number of hydrogen-bond acceptors (Lipinski definition) is 1. The lowest BCUT2D eigenvalue weighted by molar-refractivity contribution is -0.304. The molecule has 5 saturated carbocycles. The fourth-order valence-electron chi connectivity index (χ4n) is 11.7. The van der Waals surface area contributed by atoms with Crippen molar-refractivity contribution in [3.63, 3.8) is 0 Å². The molecule has 184 valence electrons. The van der Waals surface area contributed by atoms with E-state index in [1.807, 2.05) is 0 Å². The van der Waals surface area contributed by atoms with Gasteiger partial charge in [-0.15, -0.1) is 0 Å². The SMILES string of the molecule is C[C@H]1[C@H](O)CCC2[C@]1(C)CC[C@@]1(C)[C@@]3(C)CC[C@@]4(C)CCC(C)(C)CC4[C@]3(C)CC[C@@]21C. The zero-order valence-corrected chi connectivity index (χ0v) is 23.0. The van der Waals surface area contributed by atoms with Crippen molar-refractivity contribution in [1.82, 2.24) is 0 Å². The van der Waals surface area contributed by atoms with Crippen molar-refractivity contribution < 1.29 is 5.11 Å². The Morgan fingerprint density at radius 2 is 1.12 bits per heavy atom. The molecule has 0 aliphatic heterocycles. The van der Waals surface area contributed by atoms with Gasteiger partial charge >= 0.3 is 0 Å². The second kappa shape index (κ2) is 6.59. The first-order valence-electron chi connectivity index (χ1n) is 14.3. The van der Waals surface area contributed by atoms with Gasteiger partial charge in [0.25, 0.3) is 0 Å². The molecule has 1 nitrogen and oxygen atoms in total. The Bertz CT molecular complexity index is 785. The highest BCUT2D eigenvalue weighted by molar-refractivity contribution is 5.23. The minimum absolute atomic E-state index is 0.0893. The molecule has 0 aromatic rings. The summed E-state index contributed by atoms with van der Waals surface area (Å²) in [7, 11) is 0. The van der Waals surface area contributed by atoms with Crippen molar-refractivity contribution in [2.24, 2.45) is 55.7 Å². The topological polar surface area (TPSA) is 20.2 Å². The molecule has 1 heteroatoms. The maximum atomic E-state index is 10.8. The Morgan fingerprint density at radius 1 is 0.594 bits per heavy atom. The first-order chi connectivity index (χ1) is 14.6. The van der Waals surface area contributed by atoms with E-state index in [0.717, 1.165) is 18.3 Å². The molecule has 5 fully saturated rings. The van der Waals surface area contributed by atoms with E-state index >= 15 is 0 Å². The van der Waals surface area contributed by atoms with Crippen LogP contribution in [0.3, 0.4) is 0 Å². The van der Waals surface area contributed by atoms with E-state index in [4.69, 9.17) is 0 Å². The van der Waals surface area contributed by atoms with Crippen LogP contribution >= 0.6 is 0 Å².